The van der Waals surface area contributed by atoms with Crippen LogP contribution in [0.15, 0.2) is 0 Å². The second-order valence-corrected chi connectivity index (χ2v) is 4.31. The van der Waals surface area contributed by atoms with Crippen LogP contribution in [0.5, 0.6) is 0 Å². The highest BCUT2D eigenvalue weighted by atomic mass is 32.2. The third-order valence-electron chi connectivity index (χ3n) is 1.79. The van der Waals surface area contributed by atoms with Gasteiger partial charge < -0.3 is 5.11 Å². The van der Waals surface area contributed by atoms with Gasteiger partial charge in [-0.1, -0.05) is 6.92 Å². The van der Waals surface area contributed by atoms with Crippen LogP contribution in [-0.2, 0) is 0 Å². The molecule has 1 nitrogen and oxygen atoms in total. The molecule has 0 heterocycles. The van der Waals surface area contributed by atoms with Crippen molar-refractivity contribution in [2.24, 2.45) is 5.92 Å². The van der Waals surface area contributed by atoms with Crippen LogP contribution in [0.3, 0.4) is 0 Å². The molecule has 0 aromatic rings. The molecular weight excluding hydrogens is 156 g/mol. The molecule has 0 aliphatic heterocycles. The Balaban J connectivity index is 3.15. The van der Waals surface area contributed by atoms with E-state index in [4.69, 9.17) is 5.11 Å². The molecule has 0 aromatic heterocycles. The Morgan fingerprint density at radius 1 is 1.36 bits per heavy atom. The zero-order valence-electron chi connectivity index (χ0n) is 7.84. The lowest BCUT2D eigenvalue weighted by atomic mass is 10.00. The van der Waals surface area contributed by atoms with Gasteiger partial charge in [0.1, 0.15) is 0 Å². The van der Waals surface area contributed by atoms with Crippen LogP contribution in [0.4, 0.5) is 0 Å². The molecule has 2 heteroatoms. The highest BCUT2D eigenvalue weighted by Gasteiger charge is 2.04. The molecule has 0 aromatic carbocycles. The summed E-state index contributed by atoms with van der Waals surface area (Å²) in [6, 6.07) is 0. The first-order valence-corrected chi connectivity index (χ1v) is 5.73. The molecule has 11 heavy (non-hydrogen) atoms. The summed E-state index contributed by atoms with van der Waals surface area (Å²) >= 11 is 1.90. The Hall–Kier alpha value is 0.310. The van der Waals surface area contributed by atoms with Gasteiger partial charge in [0.2, 0.25) is 0 Å². The average Bonchev–Trinajstić information content (AvgIpc) is 1.86. The lowest BCUT2D eigenvalue weighted by Gasteiger charge is -2.12. The molecular formula is C9H20OS. The maximum Gasteiger partial charge on any atom is 0.0514 e. The highest BCUT2D eigenvalue weighted by molar-refractivity contribution is 7.98. The summed E-state index contributed by atoms with van der Waals surface area (Å²) in [7, 11) is 0. The maximum atomic E-state index is 9.07. The van der Waals surface area contributed by atoms with Gasteiger partial charge >= 0.3 is 0 Å². The molecule has 0 bridgehead atoms. The van der Waals surface area contributed by atoms with Gasteiger partial charge in [-0.05, 0) is 44.1 Å². The van der Waals surface area contributed by atoms with Gasteiger partial charge in [0.25, 0.3) is 0 Å². The fourth-order valence-electron chi connectivity index (χ4n) is 1.28. The Labute approximate surface area is 74.6 Å². The monoisotopic (exact) mass is 176 g/mol. The third kappa shape index (κ3) is 8.21. The van der Waals surface area contributed by atoms with E-state index in [1.165, 1.54) is 18.6 Å². The van der Waals surface area contributed by atoms with Crippen LogP contribution < -0.4 is 0 Å². The van der Waals surface area contributed by atoms with E-state index in [-0.39, 0.29) is 6.10 Å². The smallest absolute Gasteiger partial charge is 0.0514 e. The van der Waals surface area contributed by atoms with Crippen LogP contribution in [-0.4, -0.2) is 23.2 Å². The van der Waals surface area contributed by atoms with E-state index in [1.807, 2.05) is 18.7 Å². The number of aliphatic hydroxyl groups excluding tert-OH is 1. The molecule has 0 rings (SSSR count). The molecule has 0 saturated heterocycles. The zero-order chi connectivity index (χ0) is 8.69. The van der Waals surface area contributed by atoms with Crippen molar-refractivity contribution >= 4 is 11.8 Å². The van der Waals surface area contributed by atoms with E-state index in [1.54, 1.807) is 0 Å². The molecule has 0 saturated carbocycles. The van der Waals surface area contributed by atoms with Crippen molar-refractivity contribution < 1.29 is 5.11 Å². The van der Waals surface area contributed by atoms with Crippen LogP contribution in [0, 0.1) is 5.92 Å². The first kappa shape index (κ1) is 11.3. The van der Waals surface area contributed by atoms with E-state index < -0.39 is 0 Å². The van der Waals surface area contributed by atoms with Gasteiger partial charge in [0.15, 0.2) is 0 Å². The zero-order valence-corrected chi connectivity index (χ0v) is 8.66. The van der Waals surface area contributed by atoms with Crippen LogP contribution in [0.1, 0.15) is 33.1 Å². The van der Waals surface area contributed by atoms with Crippen LogP contribution in [0.2, 0.25) is 0 Å². The van der Waals surface area contributed by atoms with E-state index in [0.717, 1.165) is 6.42 Å². The minimum absolute atomic E-state index is 0.126. The van der Waals surface area contributed by atoms with Crippen molar-refractivity contribution in [3.63, 3.8) is 0 Å². The summed E-state index contributed by atoms with van der Waals surface area (Å²) in [5, 5.41) is 9.07. The molecule has 0 fully saturated rings. The van der Waals surface area contributed by atoms with E-state index >= 15 is 0 Å². The summed E-state index contributed by atoms with van der Waals surface area (Å²) < 4.78 is 0. The summed E-state index contributed by atoms with van der Waals surface area (Å²) in [5.74, 6) is 1.94. The minimum Gasteiger partial charge on any atom is -0.393 e. The second-order valence-electron chi connectivity index (χ2n) is 3.32. The molecule has 2 atom stereocenters. The van der Waals surface area contributed by atoms with Crippen molar-refractivity contribution in [1.29, 1.82) is 0 Å². The maximum absolute atomic E-state index is 9.07. The van der Waals surface area contributed by atoms with Crippen molar-refractivity contribution in [1.82, 2.24) is 0 Å². The molecule has 0 spiro atoms. The Bertz CT molecular complexity index is 83.6. The van der Waals surface area contributed by atoms with Crippen molar-refractivity contribution in [3.8, 4) is 0 Å². The normalized spacial score (nSPS) is 16.4. The molecule has 1 N–H and O–H groups in total. The number of thioether (sulfide) groups is 1. The lowest BCUT2D eigenvalue weighted by molar-refractivity contribution is 0.161. The largest absolute Gasteiger partial charge is 0.393 e. The SMILES string of the molecule is CSCCCC(C)CC(C)O. The Morgan fingerprint density at radius 2 is 2.00 bits per heavy atom. The number of hydrogen-bond acceptors (Lipinski definition) is 2. The summed E-state index contributed by atoms with van der Waals surface area (Å²) in [6.45, 7) is 4.08. The molecule has 0 aliphatic rings. The summed E-state index contributed by atoms with van der Waals surface area (Å²) in [4.78, 5) is 0. The predicted molar refractivity (Wildman–Crippen MR) is 53.1 cm³/mol. The van der Waals surface area contributed by atoms with Gasteiger partial charge in [0.05, 0.1) is 6.10 Å². The Morgan fingerprint density at radius 3 is 2.45 bits per heavy atom. The first-order valence-electron chi connectivity index (χ1n) is 4.33. The summed E-state index contributed by atoms with van der Waals surface area (Å²) in [6.07, 6.45) is 5.51. The predicted octanol–water partition coefficient (Wildman–Crippen LogP) is 2.54. The second kappa shape index (κ2) is 6.99. The molecule has 0 aliphatic carbocycles. The van der Waals surface area contributed by atoms with Crippen molar-refractivity contribution in [2.45, 2.75) is 39.2 Å². The molecule has 0 amide bonds. The van der Waals surface area contributed by atoms with E-state index in [9.17, 15) is 0 Å². The fourth-order valence-corrected chi connectivity index (χ4v) is 1.73. The standard InChI is InChI=1S/C9H20OS/c1-8(7-9(2)10)5-4-6-11-3/h8-10H,4-7H2,1-3H3. The number of aliphatic hydroxyl groups is 1. The minimum atomic E-state index is -0.126. The average molecular weight is 176 g/mol. The van der Waals surface area contributed by atoms with Gasteiger partial charge in [0, 0.05) is 0 Å². The van der Waals surface area contributed by atoms with E-state index in [2.05, 4.69) is 13.2 Å². The van der Waals surface area contributed by atoms with Gasteiger partial charge in [-0.15, -0.1) is 0 Å². The first-order chi connectivity index (χ1) is 5.16. The summed E-state index contributed by atoms with van der Waals surface area (Å²) in [5.41, 5.74) is 0. The van der Waals surface area contributed by atoms with Gasteiger partial charge in [-0.2, -0.15) is 11.8 Å². The van der Waals surface area contributed by atoms with Gasteiger partial charge in [-0.3, -0.25) is 0 Å². The molecule has 0 radical (unpaired) electrons. The van der Waals surface area contributed by atoms with Crippen molar-refractivity contribution in [3.05, 3.63) is 0 Å². The quantitative estimate of drug-likeness (QED) is 0.628. The van der Waals surface area contributed by atoms with Gasteiger partial charge in [-0.25, -0.2) is 0 Å². The fraction of sp³-hybridized carbons (Fsp3) is 1.00. The number of rotatable bonds is 6. The molecule has 68 valence electrons. The van der Waals surface area contributed by atoms with E-state index in [0.29, 0.717) is 5.92 Å². The van der Waals surface area contributed by atoms with Crippen molar-refractivity contribution in [2.75, 3.05) is 12.0 Å². The highest BCUT2D eigenvalue weighted by Crippen LogP contribution is 2.13. The Kier molecular flexibility index (Phi) is 7.18. The van der Waals surface area contributed by atoms with Crippen LogP contribution in [0.25, 0.3) is 0 Å². The lowest BCUT2D eigenvalue weighted by Crippen LogP contribution is -2.07. The number of hydrogen-bond donors (Lipinski definition) is 1. The third-order valence-corrected chi connectivity index (χ3v) is 2.49. The van der Waals surface area contributed by atoms with Crippen LogP contribution >= 0.6 is 11.8 Å². The topological polar surface area (TPSA) is 20.2 Å². The molecule has 2 unspecified atom stereocenters.